The fourth-order valence-corrected chi connectivity index (χ4v) is 0.798. The molecule has 0 unspecified atom stereocenters. The van der Waals surface area contributed by atoms with Gasteiger partial charge in [0, 0.05) is 0 Å². The SMILES string of the molecule is CC[C@@H](O)[C@](C)(O)C(C)C. The lowest BCUT2D eigenvalue weighted by Gasteiger charge is -2.32. The van der Waals surface area contributed by atoms with Crippen LogP contribution in [-0.4, -0.2) is 21.9 Å². The molecule has 10 heavy (non-hydrogen) atoms. The van der Waals surface area contributed by atoms with Gasteiger partial charge < -0.3 is 10.2 Å². The van der Waals surface area contributed by atoms with Crippen LogP contribution in [0.1, 0.15) is 34.1 Å². The first-order valence-corrected chi connectivity index (χ1v) is 3.83. The van der Waals surface area contributed by atoms with Crippen LogP contribution in [0.15, 0.2) is 0 Å². The maximum Gasteiger partial charge on any atom is 0.0900 e. The Bertz CT molecular complexity index is 97.4. The van der Waals surface area contributed by atoms with Crippen molar-refractivity contribution in [3.63, 3.8) is 0 Å². The molecule has 0 saturated heterocycles. The average Bonchev–Trinajstić information content (AvgIpc) is 1.86. The van der Waals surface area contributed by atoms with Crippen molar-refractivity contribution in [3.05, 3.63) is 0 Å². The van der Waals surface area contributed by atoms with Crippen molar-refractivity contribution in [2.75, 3.05) is 0 Å². The maximum absolute atomic E-state index is 9.61. The van der Waals surface area contributed by atoms with E-state index in [1.807, 2.05) is 20.8 Å². The third-order valence-electron chi connectivity index (χ3n) is 2.23. The first-order chi connectivity index (χ1) is 4.42. The summed E-state index contributed by atoms with van der Waals surface area (Å²) in [6, 6.07) is 0. The van der Waals surface area contributed by atoms with Crippen LogP contribution in [0, 0.1) is 5.92 Å². The molecule has 62 valence electrons. The van der Waals surface area contributed by atoms with Crippen molar-refractivity contribution >= 4 is 0 Å². The maximum atomic E-state index is 9.61. The molecule has 0 amide bonds. The number of aliphatic hydroxyl groups is 2. The molecule has 0 aliphatic carbocycles. The molecule has 2 atom stereocenters. The normalized spacial score (nSPS) is 20.7. The number of hydrogen-bond acceptors (Lipinski definition) is 2. The van der Waals surface area contributed by atoms with Gasteiger partial charge in [-0.2, -0.15) is 0 Å². The molecule has 0 radical (unpaired) electrons. The summed E-state index contributed by atoms with van der Waals surface area (Å²) in [6.07, 6.45) is -0.00181. The van der Waals surface area contributed by atoms with Gasteiger partial charge in [0.15, 0.2) is 0 Å². The van der Waals surface area contributed by atoms with Gasteiger partial charge in [-0.1, -0.05) is 20.8 Å². The van der Waals surface area contributed by atoms with Crippen LogP contribution in [0.3, 0.4) is 0 Å². The van der Waals surface area contributed by atoms with Crippen molar-refractivity contribution in [1.82, 2.24) is 0 Å². The summed E-state index contributed by atoms with van der Waals surface area (Å²) in [5.74, 6) is 0.0995. The van der Waals surface area contributed by atoms with E-state index in [1.54, 1.807) is 6.92 Å². The van der Waals surface area contributed by atoms with Crippen molar-refractivity contribution in [1.29, 1.82) is 0 Å². The van der Waals surface area contributed by atoms with Gasteiger partial charge in [-0.15, -0.1) is 0 Å². The van der Waals surface area contributed by atoms with Gasteiger partial charge in [-0.05, 0) is 19.3 Å². The van der Waals surface area contributed by atoms with Crippen LogP contribution in [0.25, 0.3) is 0 Å². The first-order valence-electron chi connectivity index (χ1n) is 3.83. The van der Waals surface area contributed by atoms with E-state index in [0.29, 0.717) is 6.42 Å². The molecule has 0 aliphatic heterocycles. The minimum atomic E-state index is -0.936. The molecule has 0 fully saturated rings. The van der Waals surface area contributed by atoms with Crippen LogP contribution < -0.4 is 0 Å². The second kappa shape index (κ2) is 3.35. The molecule has 0 saturated carbocycles. The van der Waals surface area contributed by atoms with Gasteiger partial charge in [0.1, 0.15) is 0 Å². The van der Waals surface area contributed by atoms with Gasteiger partial charge in [0.2, 0.25) is 0 Å². The third kappa shape index (κ3) is 1.96. The summed E-state index contributed by atoms with van der Waals surface area (Å²) in [6.45, 7) is 7.34. The lowest BCUT2D eigenvalue weighted by molar-refractivity contribution is -0.0926. The highest BCUT2D eigenvalue weighted by Crippen LogP contribution is 2.21. The van der Waals surface area contributed by atoms with Gasteiger partial charge in [0.05, 0.1) is 11.7 Å². The molecule has 0 aliphatic rings. The molecule has 0 aromatic carbocycles. The lowest BCUT2D eigenvalue weighted by atomic mass is 9.86. The van der Waals surface area contributed by atoms with Crippen LogP contribution in [0.5, 0.6) is 0 Å². The topological polar surface area (TPSA) is 40.5 Å². The zero-order chi connectivity index (χ0) is 8.36. The summed E-state index contributed by atoms with van der Waals surface area (Å²) >= 11 is 0. The number of rotatable bonds is 3. The minimum absolute atomic E-state index is 0.0995. The minimum Gasteiger partial charge on any atom is -0.390 e. The quantitative estimate of drug-likeness (QED) is 0.627. The van der Waals surface area contributed by atoms with Crippen LogP contribution in [0.2, 0.25) is 0 Å². The van der Waals surface area contributed by atoms with Crippen LogP contribution in [-0.2, 0) is 0 Å². The predicted molar refractivity (Wildman–Crippen MR) is 41.8 cm³/mol. The Hall–Kier alpha value is -0.0800. The average molecular weight is 146 g/mol. The predicted octanol–water partition coefficient (Wildman–Crippen LogP) is 1.16. The third-order valence-corrected chi connectivity index (χ3v) is 2.23. The number of aliphatic hydroxyl groups excluding tert-OH is 1. The molecular weight excluding hydrogens is 128 g/mol. The highest BCUT2D eigenvalue weighted by Gasteiger charge is 2.31. The van der Waals surface area contributed by atoms with Gasteiger partial charge in [-0.25, -0.2) is 0 Å². The zero-order valence-corrected chi connectivity index (χ0v) is 7.26. The largest absolute Gasteiger partial charge is 0.390 e. The second-order valence-corrected chi connectivity index (χ2v) is 3.30. The van der Waals surface area contributed by atoms with Gasteiger partial charge >= 0.3 is 0 Å². The fraction of sp³-hybridized carbons (Fsp3) is 1.00. The van der Waals surface area contributed by atoms with Crippen LogP contribution >= 0.6 is 0 Å². The molecule has 0 bridgehead atoms. The van der Waals surface area contributed by atoms with E-state index in [2.05, 4.69) is 0 Å². The van der Waals surface area contributed by atoms with E-state index in [0.717, 1.165) is 0 Å². The van der Waals surface area contributed by atoms with Gasteiger partial charge in [-0.3, -0.25) is 0 Å². The standard InChI is InChI=1S/C8H18O2/c1-5-7(9)8(4,10)6(2)3/h6-7,9-10H,5H2,1-4H3/t7-,8-/m1/s1. The smallest absolute Gasteiger partial charge is 0.0900 e. The summed E-state index contributed by atoms with van der Waals surface area (Å²) in [5, 5.41) is 18.9. The molecule has 0 aromatic heterocycles. The summed E-state index contributed by atoms with van der Waals surface area (Å²) < 4.78 is 0. The van der Waals surface area contributed by atoms with E-state index in [-0.39, 0.29) is 5.92 Å². The van der Waals surface area contributed by atoms with Gasteiger partial charge in [0.25, 0.3) is 0 Å². The Balaban J connectivity index is 4.09. The van der Waals surface area contributed by atoms with Crippen molar-refractivity contribution in [2.24, 2.45) is 5.92 Å². The summed E-state index contributed by atoms with van der Waals surface area (Å²) in [4.78, 5) is 0. The Morgan fingerprint density at radius 1 is 1.40 bits per heavy atom. The highest BCUT2D eigenvalue weighted by atomic mass is 16.3. The Labute approximate surface area is 62.9 Å². The molecule has 2 nitrogen and oxygen atoms in total. The molecule has 0 rings (SSSR count). The summed E-state index contributed by atoms with van der Waals surface area (Å²) in [5.41, 5.74) is -0.936. The number of hydrogen-bond donors (Lipinski definition) is 2. The molecule has 0 heterocycles. The molecule has 2 N–H and O–H groups in total. The molecular formula is C8H18O2. The molecule has 0 spiro atoms. The van der Waals surface area contributed by atoms with Crippen molar-refractivity contribution in [3.8, 4) is 0 Å². The van der Waals surface area contributed by atoms with Crippen molar-refractivity contribution < 1.29 is 10.2 Å². The van der Waals surface area contributed by atoms with E-state index in [4.69, 9.17) is 0 Å². The Kier molecular flexibility index (Phi) is 3.33. The van der Waals surface area contributed by atoms with E-state index >= 15 is 0 Å². The molecule has 0 aromatic rings. The monoisotopic (exact) mass is 146 g/mol. The van der Waals surface area contributed by atoms with Crippen molar-refractivity contribution in [2.45, 2.75) is 45.8 Å². The Morgan fingerprint density at radius 2 is 1.80 bits per heavy atom. The van der Waals surface area contributed by atoms with E-state index < -0.39 is 11.7 Å². The van der Waals surface area contributed by atoms with E-state index in [1.165, 1.54) is 0 Å². The fourth-order valence-electron chi connectivity index (χ4n) is 0.798. The van der Waals surface area contributed by atoms with E-state index in [9.17, 15) is 10.2 Å². The highest BCUT2D eigenvalue weighted by molar-refractivity contribution is 4.83. The van der Waals surface area contributed by atoms with Crippen LogP contribution in [0.4, 0.5) is 0 Å². The Morgan fingerprint density at radius 3 is 1.90 bits per heavy atom. The summed E-state index contributed by atoms with van der Waals surface area (Å²) in [7, 11) is 0. The zero-order valence-electron chi connectivity index (χ0n) is 7.26. The first kappa shape index (κ1) is 9.92. The second-order valence-electron chi connectivity index (χ2n) is 3.30. The lowest BCUT2D eigenvalue weighted by Crippen LogP contribution is -2.43. The molecule has 2 heteroatoms.